The third-order valence-corrected chi connectivity index (χ3v) is 6.28. The average Bonchev–Trinajstić information content (AvgIpc) is 2.85. The van der Waals surface area contributed by atoms with Gasteiger partial charge in [-0.1, -0.05) is 36.8 Å². The highest BCUT2D eigenvalue weighted by Crippen LogP contribution is 2.32. The molecular formula is C28H33NO6. The molecule has 1 atom stereocenters. The molecule has 2 aromatic carbocycles. The smallest absolute Gasteiger partial charge is 0.345 e. The topological polar surface area (TPSA) is 85.3 Å². The zero-order valence-corrected chi connectivity index (χ0v) is 20.7. The Kier molecular flexibility index (Phi) is 8.95. The number of rotatable bonds is 11. The molecule has 0 fully saturated rings. The highest BCUT2D eigenvalue weighted by molar-refractivity contribution is 5.98. The molecule has 0 spiro atoms. The number of unbranched alkanes of at least 4 members (excludes halogenated alkanes) is 2. The Morgan fingerprint density at radius 2 is 1.69 bits per heavy atom. The molecule has 0 aliphatic carbocycles. The van der Waals surface area contributed by atoms with Crippen LogP contribution >= 0.6 is 0 Å². The minimum atomic E-state index is -1.05. The number of ether oxygens (including phenoxy) is 3. The number of hydrogen-bond acceptors (Lipinski definition) is 6. The summed E-state index contributed by atoms with van der Waals surface area (Å²) in [5.41, 5.74) is 2.42. The van der Waals surface area contributed by atoms with Crippen LogP contribution in [-0.2, 0) is 16.0 Å². The van der Waals surface area contributed by atoms with Crippen molar-refractivity contribution >= 4 is 11.9 Å². The lowest BCUT2D eigenvalue weighted by molar-refractivity contribution is -0.133. The first-order valence-electron chi connectivity index (χ1n) is 11.8. The molecule has 1 heterocycles. The summed E-state index contributed by atoms with van der Waals surface area (Å²) in [4.78, 5) is 27.0. The lowest BCUT2D eigenvalue weighted by Crippen LogP contribution is -2.40. The molecule has 1 aliphatic heterocycles. The minimum Gasteiger partial charge on any atom is -0.493 e. The van der Waals surface area contributed by atoms with Gasteiger partial charge in [-0.3, -0.25) is 0 Å². The summed E-state index contributed by atoms with van der Waals surface area (Å²) in [5, 5.41) is 9.76. The van der Waals surface area contributed by atoms with Crippen molar-refractivity contribution in [3.05, 3.63) is 77.0 Å². The lowest BCUT2D eigenvalue weighted by Gasteiger charge is -2.36. The van der Waals surface area contributed by atoms with Crippen LogP contribution in [0.3, 0.4) is 0 Å². The molecule has 1 N–H and O–H groups in total. The fourth-order valence-electron chi connectivity index (χ4n) is 4.28. The monoisotopic (exact) mass is 479 g/mol. The van der Waals surface area contributed by atoms with E-state index >= 15 is 0 Å². The van der Waals surface area contributed by atoms with Gasteiger partial charge in [0.25, 0.3) is 0 Å². The zero-order valence-electron chi connectivity index (χ0n) is 20.7. The number of esters is 1. The van der Waals surface area contributed by atoms with Gasteiger partial charge in [0.2, 0.25) is 0 Å². The third kappa shape index (κ3) is 6.44. The predicted octanol–water partition coefficient (Wildman–Crippen LogP) is 5.01. The van der Waals surface area contributed by atoms with Gasteiger partial charge in [-0.15, -0.1) is 0 Å². The Balaban J connectivity index is 1.71. The number of methoxy groups -OCH3 is 2. The second kappa shape index (κ2) is 12.1. The summed E-state index contributed by atoms with van der Waals surface area (Å²) in [6, 6.07) is 14.8. The summed E-state index contributed by atoms with van der Waals surface area (Å²) >= 11 is 0. The maximum absolute atomic E-state index is 13.1. The van der Waals surface area contributed by atoms with Crippen molar-refractivity contribution in [3.8, 4) is 17.2 Å². The largest absolute Gasteiger partial charge is 0.493 e. The predicted molar refractivity (Wildman–Crippen MR) is 134 cm³/mol. The van der Waals surface area contributed by atoms with E-state index in [9.17, 15) is 14.7 Å². The number of carbonyl (C=O) groups excluding carboxylic acids is 1. The number of hydrogen-bond donors (Lipinski definition) is 1. The van der Waals surface area contributed by atoms with Gasteiger partial charge in [0.05, 0.1) is 31.4 Å². The summed E-state index contributed by atoms with van der Waals surface area (Å²) in [6.07, 6.45) is 5.37. The maximum atomic E-state index is 13.1. The van der Waals surface area contributed by atoms with Gasteiger partial charge in [0.1, 0.15) is 5.75 Å². The first-order chi connectivity index (χ1) is 16.8. The normalized spacial score (nSPS) is 15.5. The van der Waals surface area contributed by atoms with Crippen molar-refractivity contribution in [2.24, 2.45) is 0 Å². The molecule has 0 aromatic heterocycles. The molecule has 1 unspecified atom stereocenters. The first kappa shape index (κ1) is 25.9. The number of aryl methyl sites for hydroxylation is 1. The number of nitrogens with zero attached hydrogens (tertiary/aromatic N) is 1. The average molecular weight is 480 g/mol. The number of allylic oxidation sites excluding steroid dienone is 1. The Hall–Kier alpha value is -3.74. The Morgan fingerprint density at radius 1 is 0.971 bits per heavy atom. The van der Waals surface area contributed by atoms with E-state index < -0.39 is 11.9 Å². The van der Waals surface area contributed by atoms with E-state index in [4.69, 9.17) is 14.2 Å². The molecule has 1 aliphatic rings. The Morgan fingerprint density at radius 3 is 2.34 bits per heavy atom. The number of carbonyl (C=O) groups is 2. The highest BCUT2D eigenvalue weighted by Gasteiger charge is 2.31. The van der Waals surface area contributed by atoms with Gasteiger partial charge in [0, 0.05) is 18.3 Å². The fourth-order valence-corrected chi connectivity index (χ4v) is 4.28. The van der Waals surface area contributed by atoms with Crippen molar-refractivity contribution in [1.82, 2.24) is 4.90 Å². The van der Waals surface area contributed by atoms with Crippen LogP contribution in [0.1, 0.15) is 38.7 Å². The maximum Gasteiger partial charge on any atom is 0.345 e. The van der Waals surface area contributed by atoms with Crippen molar-refractivity contribution in [3.63, 3.8) is 0 Å². The van der Waals surface area contributed by atoms with Crippen LogP contribution in [0.25, 0.3) is 0 Å². The van der Waals surface area contributed by atoms with E-state index in [2.05, 4.69) is 12.1 Å². The van der Waals surface area contributed by atoms with E-state index in [-0.39, 0.29) is 22.9 Å². The minimum absolute atomic E-state index is 0.166. The van der Waals surface area contributed by atoms with E-state index in [1.807, 2.05) is 36.9 Å². The van der Waals surface area contributed by atoms with Crippen LogP contribution in [0.2, 0.25) is 0 Å². The molecule has 186 valence electrons. The third-order valence-electron chi connectivity index (χ3n) is 6.28. The number of carboxylic acid groups (broad SMARTS) is 1. The van der Waals surface area contributed by atoms with Gasteiger partial charge in [-0.25, -0.2) is 9.59 Å². The summed E-state index contributed by atoms with van der Waals surface area (Å²) in [5.74, 6) is -0.436. The molecule has 0 radical (unpaired) electrons. The Bertz CT molecular complexity index is 1110. The van der Waals surface area contributed by atoms with Gasteiger partial charge in [0.15, 0.2) is 11.5 Å². The van der Waals surface area contributed by atoms with Crippen molar-refractivity contribution in [2.45, 2.75) is 45.6 Å². The molecule has 0 saturated heterocycles. The molecule has 0 amide bonds. The molecule has 0 bridgehead atoms. The van der Waals surface area contributed by atoms with Crippen LogP contribution in [0.5, 0.6) is 17.2 Å². The van der Waals surface area contributed by atoms with E-state index in [0.29, 0.717) is 23.7 Å². The van der Waals surface area contributed by atoms with Crippen LogP contribution in [0.15, 0.2) is 71.5 Å². The quantitative estimate of drug-likeness (QED) is 0.275. The van der Waals surface area contributed by atoms with Crippen LogP contribution in [0, 0.1) is 0 Å². The van der Waals surface area contributed by atoms with Crippen molar-refractivity contribution < 1.29 is 28.9 Å². The zero-order chi connectivity index (χ0) is 25.4. The molecular weight excluding hydrogens is 446 g/mol. The lowest BCUT2D eigenvalue weighted by atomic mass is 9.96. The van der Waals surface area contributed by atoms with Gasteiger partial charge < -0.3 is 24.2 Å². The molecule has 3 rings (SSSR count). The molecule has 2 aromatic rings. The van der Waals surface area contributed by atoms with Crippen molar-refractivity contribution in [2.75, 3.05) is 20.8 Å². The van der Waals surface area contributed by atoms with E-state index in [1.54, 1.807) is 18.2 Å². The first-order valence-corrected chi connectivity index (χ1v) is 11.8. The second-order valence-electron chi connectivity index (χ2n) is 8.48. The number of carboxylic acids is 1. The van der Waals surface area contributed by atoms with Gasteiger partial charge in [-0.2, -0.15) is 0 Å². The molecule has 0 saturated carbocycles. The standard InChI is InChI=1S/C28H33NO6/c1-19-23(27(30)31)18-24(28(32)35-22-14-15-25(33-3)26(17-22)34-4)20(2)29(19)16-10-6-9-13-21-11-7-5-8-12-21/h5,7-8,11-12,14-15,17-19H,6,9-10,13,16H2,1-4H3,(H,30,31). The highest BCUT2D eigenvalue weighted by atomic mass is 16.5. The van der Waals surface area contributed by atoms with Crippen LogP contribution in [-0.4, -0.2) is 48.8 Å². The van der Waals surface area contributed by atoms with E-state index in [1.165, 1.54) is 25.9 Å². The second-order valence-corrected chi connectivity index (χ2v) is 8.48. The molecule has 7 nitrogen and oxygen atoms in total. The fraction of sp³-hybridized carbons (Fsp3) is 0.357. The summed E-state index contributed by atoms with van der Waals surface area (Å²) in [6.45, 7) is 4.34. The summed E-state index contributed by atoms with van der Waals surface area (Å²) in [7, 11) is 3.02. The van der Waals surface area contributed by atoms with Gasteiger partial charge in [-0.05, 0) is 56.9 Å². The molecule has 7 heteroatoms. The molecule has 35 heavy (non-hydrogen) atoms. The van der Waals surface area contributed by atoms with Crippen LogP contribution < -0.4 is 14.2 Å². The number of benzene rings is 2. The van der Waals surface area contributed by atoms with Crippen LogP contribution in [0.4, 0.5) is 0 Å². The Labute approximate surface area is 206 Å². The van der Waals surface area contributed by atoms with E-state index in [0.717, 1.165) is 25.7 Å². The van der Waals surface area contributed by atoms with Crippen molar-refractivity contribution in [1.29, 1.82) is 0 Å². The van der Waals surface area contributed by atoms with Gasteiger partial charge >= 0.3 is 11.9 Å². The SMILES string of the molecule is COc1ccc(OC(=O)C2=C(C)N(CCCCCc3ccccc3)C(C)C(C(=O)O)=C2)cc1OC. The summed E-state index contributed by atoms with van der Waals surface area (Å²) < 4.78 is 16.1. The number of aliphatic carboxylic acids is 1.